The van der Waals surface area contributed by atoms with E-state index in [2.05, 4.69) is 10.2 Å². The van der Waals surface area contributed by atoms with E-state index in [1.165, 1.54) is 6.07 Å². The van der Waals surface area contributed by atoms with Gasteiger partial charge in [0.25, 0.3) is 0 Å². The molecule has 3 rings (SSSR count). The van der Waals surface area contributed by atoms with Gasteiger partial charge in [0.05, 0.1) is 6.10 Å². The Kier molecular flexibility index (Phi) is 4.74. The number of piperidine rings is 1. The normalized spacial score (nSPS) is 27.6. The molecule has 2 saturated heterocycles. The van der Waals surface area contributed by atoms with Crippen molar-refractivity contribution >= 4 is 5.91 Å². The van der Waals surface area contributed by atoms with Crippen LogP contribution in [-0.4, -0.2) is 41.6 Å². The standard InChI is InChI=1S/C17H23FN2O2/c18-14-6-2-1-5-13(14)16(21)11-20-8-4-3-7-15(20)12-9-17(22)19-10-12/h1-2,5-6,12,15-16,21H,3-4,7-11H2,(H,19,22). The molecule has 2 aliphatic rings. The van der Waals surface area contributed by atoms with Gasteiger partial charge >= 0.3 is 0 Å². The number of likely N-dealkylation sites (tertiary alicyclic amines) is 1. The van der Waals surface area contributed by atoms with Crippen LogP contribution in [0.3, 0.4) is 0 Å². The first kappa shape index (κ1) is 15.4. The number of amides is 1. The van der Waals surface area contributed by atoms with Gasteiger partial charge in [-0.05, 0) is 25.5 Å². The Labute approximate surface area is 130 Å². The van der Waals surface area contributed by atoms with Crippen LogP contribution in [-0.2, 0) is 4.79 Å². The summed E-state index contributed by atoms with van der Waals surface area (Å²) in [5.74, 6) is 0.0621. The number of hydrogen-bond acceptors (Lipinski definition) is 3. The van der Waals surface area contributed by atoms with E-state index in [0.717, 1.165) is 32.4 Å². The highest BCUT2D eigenvalue weighted by Gasteiger charge is 2.35. The lowest BCUT2D eigenvalue weighted by Gasteiger charge is -2.39. The highest BCUT2D eigenvalue weighted by atomic mass is 19.1. The van der Waals surface area contributed by atoms with Crippen molar-refractivity contribution in [3.63, 3.8) is 0 Å². The zero-order valence-electron chi connectivity index (χ0n) is 12.7. The Morgan fingerprint density at radius 3 is 2.91 bits per heavy atom. The second kappa shape index (κ2) is 6.75. The molecule has 120 valence electrons. The van der Waals surface area contributed by atoms with Gasteiger partial charge in [-0.15, -0.1) is 0 Å². The average Bonchev–Trinajstić information content (AvgIpc) is 2.94. The Balaban J connectivity index is 1.69. The van der Waals surface area contributed by atoms with Crippen LogP contribution in [0.25, 0.3) is 0 Å². The summed E-state index contributed by atoms with van der Waals surface area (Å²) in [6.07, 6.45) is 3.03. The van der Waals surface area contributed by atoms with Gasteiger partial charge in [-0.2, -0.15) is 0 Å². The Hall–Kier alpha value is -1.46. The number of benzene rings is 1. The van der Waals surface area contributed by atoms with Crippen LogP contribution in [0.1, 0.15) is 37.4 Å². The third kappa shape index (κ3) is 3.31. The lowest BCUT2D eigenvalue weighted by molar-refractivity contribution is -0.119. The molecule has 1 amide bonds. The van der Waals surface area contributed by atoms with E-state index in [9.17, 15) is 14.3 Å². The van der Waals surface area contributed by atoms with Gasteiger partial charge in [-0.1, -0.05) is 24.6 Å². The maximum Gasteiger partial charge on any atom is 0.220 e. The van der Waals surface area contributed by atoms with Gasteiger partial charge in [-0.25, -0.2) is 4.39 Å². The summed E-state index contributed by atoms with van der Waals surface area (Å²) >= 11 is 0. The van der Waals surface area contributed by atoms with Gasteiger partial charge in [0, 0.05) is 37.0 Å². The summed E-state index contributed by atoms with van der Waals surface area (Å²) in [5.41, 5.74) is 0.354. The third-order valence-electron chi connectivity index (χ3n) is 4.89. The predicted molar refractivity (Wildman–Crippen MR) is 81.7 cm³/mol. The van der Waals surface area contributed by atoms with E-state index in [0.29, 0.717) is 30.5 Å². The van der Waals surface area contributed by atoms with Gasteiger partial charge in [-0.3, -0.25) is 9.69 Å². The number of nitrogens with one attached hydrogen (secondary N) is 1. The zero-order valence-corrected chi connectivity index (χ0v) is 12.7. The van der Waals surface area contributed by atoms with Crippen molar-refractivity contribution < 1.29 is 14.3 Å². The SMILES string of the molecule is O=C1CC(C2CCCCN2CC(O)c2ccccc2F)CN1. The summed E-state index contributed by atoms with van der Waals surface area (Å²) in [4.78, 5) is 13.7. The Morgan fingerprint density at radius 2 is 2.18 bits per heavy atom. The molecule has 1 aromatic carbocycles. The molecular weight excluding hydrogens is 283 g/mol. The Morgan fingerprint density at radius 1 is 1.36 bits per heavy atom. The van der Waals surface area contributed by atoms with Gasteiger partial charge in [0.2, 0.25) is 5.91 Å². The summed E-state index contributed by atoms with van der Waals surface area (Å²) in [6.45, 7) is 2.05. The van der Waals surface area contributed by atoms with E-state index >= 15 is 0 Å². The summed E-state index contributed by atoms with van der Waals surface area (Å²) in [5, 5.41) is 13.3. The number of β-amino-alcohol motifs (C(OH)–C–C–N with tert-alkyl or cyclic N) is 1. The summed E-state index contributed by atoms with van der Waals surface area (Å²) in [6, 6.07) is 6.69. The van der Waals surface area contributed by atoms with Crippen LogP contribution in [0, 0.1) is 11.7 Å². The molecule has 3 unspecified atom stereocenters. The fourth-order valence-electron chi connectivity index (χ4n) is 3.74. The number of nitrogens with zero attached hydrogens (tertiary/aromatic N) is 1. The fourth-order valence-corrected chi connectivity index (χ4v) is 3.74. The molecule has 0 bridgehead atoms. The molecule has 2 aliphatic heterocycles. The maximum absolute atomic E-state index is 13.8. The highest BCUT2D eigenvalue weighted by molar-refractivity contribution is 5.78. The first-order valence-corrected chi connectivity index (χ1v) is 8.08. The molecule has 0 saturated carbocycles. The number of carbonyl (C=O) groups is 1. The molecule has 0 aromatic heterocycles. The largest absolute Gasteiger partial charge is 0.387 e. The fraction of sp³-hybridized carbons (Fsp3) is 0.588. The minimum atomic E-state index is -0.827. The van der Waals surface area contributed by atoms with Crippen LogP contribution in [0.4, 0.5) is 4.39 Å². The van der Waals surface area contributed by atoms with Crippen LogP contribution in [0.5, 0.6) is 0 Å². The lowest BCUT2D eigenvalue weighted by atomic mass is 9.89. The van der Waals surface area contributed by atoms with Crippen molar-refractivity contribution in [2.24, 2.45) is 5.92 Å². The third-order valence-corrected chi connectivity index (χ3v) is 4.89. The van der Waals surface area contributed by atoms with E-state index in [1.54, 1.807) is 18.2 Å². The van der Waals surface area contributed by atoms with Crippen LogP contribution >= 0.6 is 0 Å². The van der Waals surface area contributed by atoms with Crippen molar-refractivity contribution in [1.29, 1.82) is 0 Å². The number of aliphatic hydroxyl groups is 1. The van der Waals surface area contributed by atoms with Crippen molar-refractivity contribution in [2.75, 3.05) is 19.6 Å². The molecule has 0 radical (unpaired) electrons. The zero-order chi connectivity index (χ0) is 15.5. The first-order chi connectivity index (χ1) is 10.6. The highest BCUT2D eigenvalue weighted by Crippen LogP contribution is 2.29. The predicted octanol–water partition coefficient (Wildman–Crippen LogP) is 1.85. The minimum Gasteiger partial charge on any atom is -0.387 e. The lowest BCUT2D eigenvalue weighted by Crippen LogP contribution is -2.46. The van der Waals surface area contributed by atoms with Gasteiger partial charge in [0.1, 0.15) is 5.82 Å². The van der Waals surface area contributed by atoms with Crippen molar-refractivity contribution in [3.05, 3.63) is 35.6 Å². The van der Waals surface area contributed by atoms with Crippen LogP contribution < -0.4 is 5.32 Å². The molecular formula is C17H23FN2O2. The number of hydrogen-bond donors (Lipinski definition) is 2. The minimum absolute atomic E-state index is 0.116. The molecule has 22 heavy (non-hydrogen) atoms. The van der Waals surface area contributed by atoms with Crippen molar-refractivity contribution in [3.8, 4) is 0 Å². The van der Waals surface area contributed by atoms with Gasteiger partial charge in [0.15, 0.2) is 0 Å². The number of rotatable bonds is 4. The molecule has 2 heterocycles. The topological polar surface area (TPSA) is 52.6 Å². The van der Waals surface area contributed by atoms with Crippen molar-refractivity contribution in [2.45, 2.75) is 37.8 Å². The molecule has 2 fully saturated rings. The monoisotopic (exact) mass is 306 g/mol. The number of halogens is 1. The van der Waals surface area contributed by atoms with E-state index < -0.39 is 6.10 Å². The molecule has 3 atom stereocenters. The van der Waals surface area contributed by atoms with E-state index in [1.807, 2.05) is 0 Å². The Bertz CT molecular complexity index is 537. The molecule has 0 spiro atoms. The number of carbonyl (C=O) groups excluding carboxylic acids is 1. The molecule has 0 aliphatic carbocycles. The molecule has 2 N–H and O–H groups in total. The molecule has 5 heteroatoms. The van der Waals surface area contributed by atoms with Crippen molar-refractivity contribution in [1.82, 2.24) is 10.2 Å². The number of aliphatic hydroxyl groups excluding tert-OH is 1. The second-order valence-corrected chi connectivity index (χ2v) is 6.36. The van der Waals surface area contributed by atoms with Crippen LogP contribution in [0.15, 0.2) is 24.3 Å². The second-order valence-electron chi connectivity index (χ2n) is 6.36. The summed E-state index contributed by atoms with van der Waals surface area (Å²) < 4.78 is 13.8. The molecule has 1 aromatic rings. The molecule has 4 nitrogen and oxygen atoms in total. The average molecular weight is 306 g/mol. The maximum atomic E-state index is 13.8. The van der Waals surface area contributed by atoms with E-state index in [-0.39, 0.29) is 11.7 Å². The van der Waals surface area contributed by atoms with E-state index in [4.69, 9.17) is 0 Å². The smallest absolute Gasteiger partial charge is 0.220 e. The first-order valence-electron chi connectivity index (χ1n) is 8.08. The quantitative estimate of drug-likeness (QED) is 0.892. The van der Waals surface area contributed by atoms with Crippen LogP contribution in [0.2, 0.25) is 0 Å². The van der Waals surface area contributed by atoms with Gasteiger partial charge < -0.3 is 10.4 Å². The summed E-state index contributed by atoms with van der Waals surface area (Å²) in [7, 11) is 0.